The minimum atomic E-state index is -0.723. The van der Waals surface area contributed by atoms with Gasteiger partial charge in [0.25, 0.3) is 5.91 Å². The van der Waals surface area contributed by atoms with Gasteiger partial charge < -0.3 is 18.6 Å². The van der Waals surface area contributed by atoms with Gasteiger partial charge >= 0.3 is 5.63 Å². The molecule has 1 unspecified atom stereocenters. The second-order valence-electron chi connectivity index (χ2n) is 7.01. The molecule has 146 valence electrons. The van der Waals surface area contributed by atoms with Crippen LogP contribution in [0.3, 0.4) is 0 Å². The van der Waals surface area contributed by atoms with Crippen molar-refractivity contribution in [2.45, 2.75) is 45.3 Å². The lowest BCUT2D eigenvalue weighted by molar-refractivity contribution is -0.137. The van der Waals surface area contributed by atoms with E-state index in [1.165, 1.54) is 11.3 Å². The van der Waals surface area contributed by atoms with E-state index in [4.69, 9.17) is 9.15 Å². The number of aryl methyl sites for hydroxylation is 1. The molecule has 28 heavy (non-hydrogen) atoms. The SMILES string of the molecule is CC(Oc1ccc2c3c(c(=O)oc2c1)CCCC3)C(=O)N(C)Cc1ncon1. The number of aromatic nitrogens is 2. The molecule has 0 saturated heterocycles. The van der Waals surface area contributed by atoms with Crippen LogP contribution in [-0.2, 0) is 24.2 Å². The molecule has 0 fully saturated rings. The van der Waals surface area contributed by atoms with Crippen molar-refractivity contribution in [1.82, 2.24) is 15.0 Å². The highest BCUT2D eigenvalue weighted by Gasteiger charge is 2.22. The standard InChI is InChI=1S/C20H21N3O5/c1-12(19(24)23(2)10-18-21-11-26-22-18)27-13-7-8-15-14-5-3-4-6-16(14)20(25)28-17(15)9-13/h7-9,11-12H,3-6,10H2,1-2H3. The Morgan fingerprint density at radius 1 is 1.29 bits per heavy atom. The minimum Gasteiger partial charge on any atom is -0.481 e. The molecule has 0 bridgehead atoms. The summed E-state index contributed by atoms with van der Waals surface area (Å²) in [6.07, 6.45) is 4.23. The molecule has 1 aliphatic rings. The van der Waals surface area contributed by atoms with Crippen molar-refractivity contribution in [2.75, 3.05) is 7.05 Å². The first-order valence-electron chi connectivity index (χ1n) is 9.28. The first-order valence-corrected chi connectivity index (χ1v) is 9.28. The van der Waals surface area contributed by atoms with E-state index in [-0.39, 0.29) is 18.1 Å². The van der Waals surface area contributed by atoms with Crippen LogP contribution in [0.2, 0.25) is 0 Å². The largest absolute Gasteiger partial charge is 0.481 e. The molecule has 2 aromatic heterocycles. The first kappa shape index (κ1) is 18.2. The Labute approximate surface area is 161 Å². The summed E-state index contributed by atoms with van der Waals surface area (Å²) in [6.45, 7) is 1.89. The molecular formula is C20H21N3O5. The molecule has 0 saturated carbocycles. The van der Waals surface area contributed by atoms with E-state index in [1.54, 1.807) is 26.1 Å². The zero-order chi connectivity index (χ0) is 19.7. The second kappa shape index (κ2) is 7.46. The van der Waals surface area contributed by atoms with E-state index in [0.717, 1.165) is 42.2 Å². The maximum atomic E-state index is 12.5. The smallest absolute Gasteiger partial charge is 0.339 e. The van der Waals surface area contributed by atoms with E-state index in [9.17, 15) is 9.59 Å². The van der Waals surface area contributed by atoms with Gasteiger partial charge in [0.1, 0.15) is 11.3 Å². The number of carbonyl (C=O) groups excluding carboxylic acids is 1. The number of nitrogens with zero attached hydrogens (tertiary/aromatic N) is 3. The van der Waals surface area contributed by atoms with E-state index in [2.05, 4.69) is 14.7 Å². The molecule has 1 amide bonds. The van der Waals surface area contributed by atoms with Crippen molar-refractivity contribution in [3.8, 4) is 5.75 Å². The summed E-state index contributed by atoms with van der Waals surface area (Å²) in [5, 5.41) is 4.64. The quantitative estimate of drug-likeness (QED) is 0.624. The Hall–Kier alpha value is -3.16. The molecule has 0 radical (unpaired) electrons. The predicted octanol–water partition coefficient (Wildman–Crippen LogP) is 2.48. The number of amides is 1. The van der Waals surface area contributed by atoms with E-state index in [0.29, 0.717) is 17.2 Å². The van der Waals surface area contributed by atoms with Gasteiger partial charge in [-0.1, -0.05) is 5.16 Å². The topological polar surface area (TPSA) is 98.7 Å². The van der Waals surface area contributed by atoms with Gasteiger partial charge in [0.15, 0.2) is 11.9 Å². The van der Waals surface area contributed by atoms with E-state index in [1.807, 2.05) is 6.07 Å². The van der Waals surface area contributed by atoms with Gasteiger partial charge in [0, 0.05) is 24.1 Å². The number of fused-ring (bicyclic) bond motifs is 3. The summed E-state index contributed by atoms with van der Waals surface area (Å²) < 4.78 is 16.0. The molecule has 3 aromatic rings. The maximum absolute atomic E-state index is 12.5. The third kappa shape index (κ3) is 3.49. The molecule has 8 nitrogen and oxygen atoms in total. The average Bonchev–Trinajstić information content (AvgIpc) is 3.20. The summed E-state index contributed by atoms with van der Waals surface area (Å²) >= 11 is 0. The summed E-state index contributed by atoms with van der Waals surface area (Å²) in [5.74, 6) is 0.664. The molecule has 2 heterocycles. The van der Waals surface area contributed by atoms with Crippen LogP contribution in [0, 0.1) is 0 Å². The van der Waals surface area contributed by atoms with Crippen molar-refractivity contribution >= 4 is 16.9 Å². The zero-order valence-corrected chi connectivity index (χ0v) is 15.8. The van der Waals surface area contributed by atoms with Crippen molar-refractivity contribution in [3.05, 3.63) is 52.0 Å². The van der Waals surface area contributed by atoms with Gasteiger partial charge in [0.05, 0.1) is 6.54 Å². The van der Waals surface area contributed by atoms with E-state index >= 15 is 0 Å². The molecule has 4 rings (SSSR count). The van der Waals surface area contributed by atoms with Gasteiger partial charge in [-0.2, -0.15) is 4.98 Å². The van der Waals surface area contributed by atoms with Crippen LogP contribution in [0.4, 0.5) is 0 Å². The van der Waals surface area contributed by atoms with Crippen molar-refractivity contribution in [2.24, 2.45) is 0 Å². The number of likely N-dealkylation sites (N-methyl/N-ethyl adjacent to an activating group) is 1. The summed E-state index contributed by atoms with van der Waals surface area (Å²) in [7, 11) is 1.64. The summed E-state index contributed by atoms with van der Waals surface area (Å²) in [4.78, 5) is 30.2. The number of benzene rings is 1. The lowest BCUT2D eigenvalue weighted by atomic mass is 9.91. The molecule has 1 aromatic carbocycles. The van der Waals surface area contributed by atoms with Gasteiger partial charge in [-0.3, -0.25) is 4.79 Å². The van der Waals surface area contributed by atoms with Gasteiger partial charge in [-0.25, -0.2) is 4.79 Å². The van der Waals surface area contributed by atoms with Crippen LogP contribution in [-0.4, -0.2) is 34.1 Å². The van der Waals surface area contributed by atoms with Crippen LogP contribution in [0.5, 0.6) is 5.75 Å². The Morgan fingerprint density at radius 3 is 2.82 bits per heavy atom. The maximum Gasteiger partial charge on any atom is 0.339 e. The first-order chi connectivity index (χ1) is 13.5. The van der Waals surface area contributed by atoms with Crippen molar-refractivity contribution in [3.63, 3.8) is 0 Å². The molecule has 0 N–H and O–H groups in total. The number of hydrogen-bond donors (Lipinski definition) is 0. The number of rotatable bonds is 5. The highest BCUT2D eigenvalue weighted by molar-refractivity contribution is 5.83. The number of hydrogen-bond acceptors (Lipinski definition) is 7. The lowest BCUT2D eigenvalue weighted by Crippen LogP contribution is -2.37. The molecule has 1 aliphatic carbocycles. The van der Waals surface area contributed by atoms with Gasteiger partial charge in [0.2, 0.25) is 6.39 Å². The van der Waals surface area contributed by atoms with Crippen LogP contribution < -0.4 is 10.4 Å². The van der Waals surface area contributed by atoms with Crippen LogP contribution in [0.1, 0.15) is 36.7 Å². The van der Waals surface area contributed by atoms with Crippen LogP contribution >= 0.6 is 0 Å². The Balaban J connectivity index is 1.52. The van der Waals surface area contributed by atoms with Crippen LogP contribution in [0.25, 0.3) is 11.0 Å². The summed E-state index contributed by atoms with van der Waals surface area (Å²) in [6, 6.07) is 5.38. The molecule has 0 aliphatic heterocycles. The average molecular weight is 383 g/mol. The van der Waals surface area contributed by atoms with Gasteiger partial charge in [-0.05, 0) is 50.3 Å². The van der Waals surface area contributed by atoms with Crippen molar-refractivity contribution in [1.29, 1.82) is 0 Å². The fourth-order valence-corrected chi connectivity index (χ4v) is 3.62. The Bertz CT molecular complexity index is 1060. The molecular weight excluding hydrogens is 362 g/mol. The van der Waals surface area contributed by atoms with E-state index < -0.39 is 6.10 Å². The molecule has 8 heteroatoms. The Kier molecular flexibility index (Phi) is 4.85. The van der Waals surface area contributed by atoms with Crippen LogP contribution in [0.15, 0.2) is 38.3 Å². The minimum absolute atomic E-state index is 0.224. The highest BCUT2D eigenvalue weighted by Crippen LogP contribution is 2.29. The monoisotopic (exact) mass is 383 g/mol. The molecule has 0 spiro atoms. The number of ether oxygens (including phenoxy) is 1. The van der Waals surface area contributed by atoms with Crippen molar-refractivity contribution < 1.29 is 18.5 Å². The summed E-state index contributed by atoms with van der Waals surface area (Å²) in [5.41, 5.74) is 2.08. The fourth-order valence-electron chi connectivity index (χ4n) is 3.62. The Morgan fingerprint density at radius 2 is 2.07 bits per heavy atom. The third-order valence-electron chi connectivity index (χ3n) is 5.02. The van der Waals surface area contributed by atoms with Gasteiger partial charge in [-0.15, -0.1) is 0 Å². The lowest BCUT2D eigenvalue weighted by Gasteiger charge is -2.21. The number of carbonyl (C=O) groups is 1. The second-order valence-corrected chi connectivity index (χ2v) is 7.01. The zero-order valence-electron chi connectivity index (χ0n) is 15.8. The predicted molar refractivity (Wildman–Crippen MR) is 100.0 cm³/mol. The third-order valence-corrected chi connectivity index (χ3v) is 5.02. The fraction of sp³-hybridized carbons (Fsp3) is 0.400. The molecule has 1 atom stereocenters. The highest BCUT2D eigenvalue weighted by atomic mass is 16.5. The normalized spacial score (nSPS) is 14.5.